The van der Waals surface area contributed by atoms with Gasteiger partial charge in [0.25, 0.3) is 0 Å². The Kier molecular flexibility index (Phi) is 5.56. The summed E-state index contributed by atoms with van der Waals surface area (Å²) in [6.07, 6.45) is 0.813. The van der Waals surface area contributed by atoms with Crippen molar-refractivity contribution in [3.8, 4) is 5.75 Å². The molecule has 0 aromatic heterocycles. The summed E-state index contributed by atoms with van der Waals surface area (Å²) in [4.78, 5) is 23.6. The van der Waals surface area contributed by atoms with Crippen molar-refractivity contribution in [1.29, 1.82) is 0 Å². The van der Waals surface area contributed by atoms with Gasteiger partial charge in [-0.2, -0.15) is 0 Å². The molecule has 2 atom stereocenters. The molecule has 0 fully saturated rings. The van der Waals surface area contributed by atoms with E-state index in [2.05, 4.69) is 10.6 Å². The van der Waals surface area contributed by atoms with Crippen LogP contribution in [0.25, 0.3) is 0 Å². The molecule has 0 saturated carbocycles. The Labute approximate surface area is 153 Å². The van der Waals surface area contributed by atoms with Crippen molar-refractivity contribution in [2.45, 2.75) is 26.2 Å². The normalized spacial score (nSPS) is 16.8. The van der Waals surface area contributed by atoms with Crippen molar-refractivity contribution >= 4 is 17.5 Å². The average molecular weight is 352 g/mol. The van der Waals surface area contributed by atoms with Gasteiger partial charge in [0.2, 0.25) is 11.8 Å². The maximum Gasteiger partial charge on any atom is 0.231 e. The van der Waals surface area contributed by atoms with Gasteiger partial charge in [-0.3, -0.25) is 9.59 Å². The van der Waals surface area contributed by atoms with Crippen molar-refractivity contribution in [3.05, 3.63) is 59.7 Å². The summed E-state index contributed by atoms with van der Waals surface area (Å²) in [6, 6.07) is 15.4. The lowest BCUT2D eigenvalue weighted by Crippen LogP contribution is -2.33. The molecule has 0 spiro atoms. The molecule has 1 heterocycles. The monoisotopic (exact) mass is 352 g/mol. The molecule has 1 aliphatic heterocycles. The lowest BCUT2D eigenvalue weighted by molar-refractivity contribution is -0.119. The van der Waals surface area contributed by atoms with Crippen LogP contribution in [-0.2, 0) is 16.0 Å². The minimum absolute atomic E-state index is 0.0355. The summed E-state index contributed by atoms with van der Waals surface area (Å²) >= 11 is 0. The van der Waals surface area contributed by atoms with Crippen LogP contribution in [0.2, 0.25) is 0 Å². The van der Waals surface area contributed by atoms with E-state index in [1.165, 1.54) is 6.92 Å². The van der Waals surface area contributed by atoms with Crippen molar-refractivity contribution in [3.63, 3.8) is 0 Å². The van der Waals surface area contributed by atoms with Gasteiger partial charge in [-0.1, -0.05) is 30.3 Å². The fraction of sp³-hybridized carbons (Fsp3) is 0.333. The number of anilines is 1. The fourth-order valence-electron chi connectivity index (χ4n) is 3.10. The van der Waals surface area contributed by atoms with Gasteiger partial charge in [0.15, 0.2) is 0 Å². The van der Waals surface area contributed by atoms with E-state index in [-0.39, 0.29) is 23.7 Å². The first-order valence-corrected chi connectivity index (χ1v) is 8.89. The van der Waals surface area contributed by atoms with Crippen LogP contribution >= 0.6 is 0 Å². The highest BCUT2D eigenvalue weighted by Crippen LogP contribution is 2.30. The van der Waals surface area contributed by atoms with Crippen LogP contribution in [-0.4, -0.2) is 25.0 Å². The Bertz CT molecular complexity index is 789. The molecule has 0 saturated heterocycles. The number of carbonyl (C=O) groups excluding carboxylic acids is 2. The van der Waals surface area contributed by atoms with Gasteiger partial charge in [0.05, 0.1) is 12.5 Å². The summed E-state index contributed by atoms with van der Waals surface area (Å²) in [5.74, 6) is 0.782. The molecule has 2 amide bonds. The van der Waals surface area contributed by atoms with E-state index in [9.17, 15) is 9.59 Å². The standard InChI is InChI=1S/C21H24N2O3/c1-14(17-6-4-3-5-7-17)21(25)23-19-8-9-20-18(11-19)10-16(13-26-20)12-22-15(2)24/h3-9,11,14,16H,10,12-13H2,1-2H3,(H,22,24)(H,23,25). The molecule has 1 aliphatic rings. The molecule has 136 valence electrons. The molecule has 0 bridgehead atoms. The number of benzene rings is 2. The van der Waals surface area contributed by atoms with E-state index in [0.29, 0.717) is 13.2 Å². The number of amides is 2. The Morgan fingerprint density at radius 2 is 1.96 bits per heavy atom. The highest BCUT2D eigenvalue weighted by Gasteiger charge is 2.21. The molecule has 2 aromatic carbocycles. The molecule has 5 nitrogen and oxygen atoms in total. The maximum absolute atomic E-state index is 12.5. The third-order valence-electron chi connectivity index (χ3n) is 4.64. The second-order valence-corrected chi connectivity index (χ2v) is 6.76. The molecule has 5 heteroatoms. The Balaban J connectivity index is 1.66. The Morgan fingerprint density at radius 3 is 2.69 bits per heavy atom. The smallest absolute Gasteiger partial charge is 0.231 e. The Morgan fingerprint density at radius 1 is 1.19 bits per heavy atom. The van der Waals surface area contributed by atoms with E-state index in [1.54, 1.807) is 0 Å². The van der Waals surface area contributed by atoms with Crippen LogP contribution in [0.5, 0.6) is 5.75 Å². The first-order valence-electron chi connectivity index (χ1n) is 8.89. The third-order valence-corrected chi connectivity index (χ3v) is 4.64. The molecule has 0 radical (unpaired) electrons. The first kappa shape index (κ1) is 18.0. The lowest BCUT2D eigenvalue weighted by atomic mass is 9.96. The van der Waals surface area contributed by atoms with Crippen molar-refractivity contribution in [2.24, 2.45) is 5.92 Å². The summed E-state index contributed by atoms with van der Waals surface area (Å²) in [6.45, 7) is 4.59. The highest BCUT2D eigenvalue weighted by atomic mass is 16.5. The molecule has 2 unspecified atom stereocenters. The number of carbonyl (C=O) groups is 2. The molecular formula is C21H24N2O3. The topological polar surface area (TPSA) is 67.4 Å². The van der Waals surface area contributed by atoms with Gasteiger partial charge in [0, 0.05) is 25.1 Å². The third kappa shape index (κ3) is 4.42. The van der Waals surface area contributed by atoms with Gasteiger partial charge in [0.1, 0.15) is 5.75 Å². The molecule has 26 heavy (non-hydrogen) atoms. The van der Waals surface area contributed by atoms with Crippen LogP contribution in [0.1, 0.15) is 30.9 Å². The fourth-order valence-corrected chi connectivity index (χ4v) is 3.10. The molecule has 2 N–H and O–H groups in total. The predicted octanol–water partition coefficient (Wildman–Crippen LogP) is 3.12. The minimum Gasteiger partial charge on any atom is -0.493 e. The molecule has 0 aliphatic carbocycles. The van der Waals surface area contributed by atoms with Crippen LogP contribution in [0.3, 0.4) is 0 Å². The number of nitrogens with one attached hydrogen (secondary N) is 2. The summed E-state index contributed by atoms with van der Waals surface area (Å²) in [5.41, 5.74) is 2.80. The van der Waals surface area contributed by atoms with Gasteiger partial charge >= 0.3 is 0 Å². The van der Waals surface area contributed by atoms with Crippen molar-refractivity contribution in [2.75, 3.05) is 18.5 Å². The quantitative estimate of drug-likeness (QED) is 0.869. The van der Waals surface area contributed by atoms with Crippen LogP contribution in [0.15, 0.2) is 48.5 Å². The summed E-state index contributed by atoms with van der Waals surface area (Å²) in [7, 11) is 0. The van der Waals surface area contributed by atoms with Gasteiger partial charge in [-0.05, 0) is 42.7 Å². The van der Waals surface area contributed by atoms with E-state index in [4.69, 9.17) is 4.74 Å². The average Bonchev–Trinajstić information content (AvgIpc) is 2.66. The van der Waals surface area contributed by atoms with Gasteiger partial charge in [-0.25, -0.2) is 0 Å². The van der Waals surface area contributed by atoms with Gasteiger partial charge < -0.3 is 15.4 Å². The van der Waals surface area contributed by atoms with Crippen LogP contribution < -0.4 is 15.4 Å². The highest BCUT2D eigenvalue weighted by molar-refractivity contribution is 5.95. The number of hydrogen-bond acceptors (Lipinski definition) is 3. The summed E-state index contributed by atoms with van der Waals surface area (Å²) in [5, 5.41) is 5.83. The predicted molar refractivity (Wildman–Crippen MR) is 101 cm³/mol. The minimum atomic E-state index is -0.226. The van der Waals surface area contributed by atoms with Crippen LogP contribution in [0, 0.1) is 5.92 Å². The zero-order valence-electron chi connectivity index (χ0n) is 15.1. The lowest BCUT2D eigenvalue weighted by Gasteiger charge is -2.26. The van der Waals surface area contributed by atoms with Crippen molar-refractivity contribution in [1.82, 2.24) is 5.32 Å². The zero-order valence-corrected chi connectivity index (χ0v) is 15.1. The molecule has 3 rings (SSSR count). The van der Waals surface area contributed by atoms with Crippen LogP contribution in [0.4, 0.5) is 5.69 Å². The SMILES string of the molecule is CC(=O)NCC1COc2ccc(NC(=O)C(C)c3ccccc3)cc2C1. The molecular weight excluding hydrogens is 328 g/mol. The van der Waals surface area contributed by atoms with E-state index in [1.807, 2.05) is 55.5 Å². The van der Waals surface area contributed by atoms with E-state index in [0.717, 1.165) is 29.0 Å². The maximum atomic E-state index is 12.5. The second kappa shape index (κ2) is 8.04. The zero-order chi connectivity index (χ0) is 18.5. The van der Waals surface area contributed by atoms with E-state index < -0.39 is 0 Å². The number of rotatable bonds is 5. The Hall–Kier alpha value is -2.82. The van der Waals surface area contributed by atoms with E-state index >= 15 is 0 Å². The molecule has 2 aromatic rings. The van der Waals surface area contributed by atoms with Gasteiger partial charge in [-0.15, -0.1) is 0 Å². The number of hydrogen-bond donors (Lipinski definition) is 2. The summed E-state index contributed by atoms with van der Waals surface area (Å²) < 4.78 is 5.78. The number of fused-ring (bicyclic) bond motifs is 1. The number of ether oxygens (including phenoxy) is 1. The second-order valence-electron chi connectivity index (χ2n) is 6.76. The van der Waals surface area contributed by atoms with Crippen molar-refractivity contribution < 1.29 is 14.3 Å². The largest absolute Gasteiger partial charge is 0.493 e. The first-order chi connectivity index (χ1) is 12.5.